The Morgan fingerprint density at radius 1 is 1.19 bits per heavy atom. The van der Waals surface area contributed by atoms with Gasteiger partial charge in [0.15, 0.2) is 0 Å². The van der Waals surface area contributed by atoms with Crippen molar-refractivity contribution in [3.05, 3.63) is 83.7 Å². The number of nitrogens with zero attached hydrogens (tertiary/aromatic N) is 2. The van der Waals surface area contributed by atoms with Crippen LogP contribution in [0.4, 0.5) is 4.39 Å². The van der Waals surface area contributed by atoms with Crippen LogP contribution in [0.15, 0.2) is 60.9 Å². The Hall–Kier alpha value is -2.25. The number of imidazole rings is 1. The minimum atomic E-state index is -0.364. The Kier molecular flexibility index (Phi) is 8.21. The summed E-state index contributed by atoms with van der Waals surface area (Å²) in [6.45, 7) is 3.07. The van der Waals surface area contributed by atoms with E-state index < -0.39 is 0 Å². The summed E-state index contributed by atoms with van der Waals surface area (Å²) >= 11 is 0. The van der Waals surface area contributed by atoms with Gasteiger partial charge in [-0.15, -0.1) is 12.4 Å². The molecule has 0 radical (unpaired) electrons. The first-order valence-electron chi connectivity index (χ1n) is 10.3. The first-order chi connectivity index (χ1) is 14.7. The van der Waals surface area contributed by atoms with E-state index in [4.69, 9.17) is 14.2 Å². The molecule has 5 nitrogen and oxygen atoms in total. The van der Waals surface area contributed by atoms with E-state index >= 15 is 0 Å². The molecule has 4 rings (SSSR count). The van der Waals surface area contributed by atoms with Gasteiger partial charge in [-0.1, -0.05) is 31.2 Å². The fourth-order valence-corrected chi connectivity index (χ4v) is 3.96. The first kappa shape index (κ1) is 23.4. The molecule has 0 saturated carbocycles. The normalized spacial score (nSPS) is 20.9. The van der Waals surface area contributed by atoms with E-state index in [0.29, 0.717) is 13.2 Å². The molecule has 0 aliphatic carbocycles. The molecule has 1 fully saturated rings. The number of aryl methyl sites for hydroxylation is 1. The summed E-state index contributed by atoms with van der Waals surface area (Å²) < 4.78 is 33.7. The van der Waals surface area contributed by atoms with Crippen molar-refractivity contribution in [1.82, 2.24) is 9.55 Å². The molecule has 1 saturated heterocycles. The van der Waals surface area contributed by atoms with Crippen molar-refractivity contribution in [2.75, 3.05) is 13.7 Å². The van der Waals surface area contributed by atoms with Gasteiger partial charge in [-0.2, -0.15) is 0 Å². The lowest BCUT2D eigenvalue weighted by Crippen LogP contribution is -2.42. The number of aromatic nitrogens is 2. The molecule has 7 heteroatoms. The number of methoxy groups -OCH3 is 1. The molecule has 31 heavy (non-hydrogen) atoms. The third-order valence-electron chi connectivity index (χ3n) is 5.54. The van der Waals surface area contributed by atoms with Gasteiger partial charge in [-0.05, 0) is 41.8 Å². The number of hydrogen-bond donors (Lipinski definition) is 0. The monoisotopic (exact) mass is 446 g/mol. The van der Waals surface area contributed by atoms with Gasteiger partial charge in [-0.3, -0.25) is 0 Å². The van der Waals surface area contributed by atoms with E-state index in [0.717, 1.165) is 35.5 Å². The molecule has 3 unspecified atom stereocenters. The molecule has 1 aliphatic heterocycles. The van der Waals surface area contributed by atoms with Crippen LogP contribution in [0.3, 0.4) is 0 Å². The number of rotatable bonds is 7. The van der Waals surface area contributed by atoms with Gasteiger partial charge in [0.25, 0.3) is 0 Å². The number of ether oxygens (including phenoxy) is 3. The van der Waals surface area contributed by atoms with Gasteiger partial charge in [0.2, 0.25) is 0 Å². The molecule has 3 aromatic rings. The minimum Gasteiger partial charge on any atom is -0.379 e. The Bertz CT molecular complexity index is 963. The van der Waals surface area contributed by atoms with Gasteiger partial charge >= 0.3 is 0 Å². The highest BCUT2D eigenvalue weighted by molar-refractivity contribution is 5.85. The van der Waals surface area contributed by atoms with E-state index in [1.54, 1.807) is 13.2 Å². The fourth-order valence-electron chi connectivity index (χ4n) is 3.96. The van der Waals surface area contributed by atoms with E-state index in [2.05, 4.69) is 40.7 Å². The Labute approximate surface area is 188 Å². The molecule has 166 valence electrons. The summed E-state index contributed by atoms with van der Waals surface area (Å²) in [5.74, 6) is 0.746. The van der Waals surface area contributed by atoms with Crippen LogP contribution >= 0.6 is 12.4 Å². The standard InChI is InChI=1S/C24H27FN2O3.ClH/c1-3-22-26-12-13-27(22)20-9-7-17(8-10-20)16-30-24-21(28-2)11-14-29-23(24)18-5-4-6-19(25)15-18;/h4-10,12-13,15,21,23-24H,3,11,14,16H2,1-2H3;1H. The van der Waals surface area contributed by atoms with Crippen molar-refractivity contribution in [3.63, 3.8) is 0 Å². The second-order valence-electron chi connectivity index (χ2n) is 7.42. The van der Waals surface area contributed by atoms with Crippen LogP contribution in [0, 0.1) is 5.82 Å². The van der Waals surface area contributed by atoms with Crippen LogP contribution in [-0.4, -0.2) is 35.5 Å². The van der Waals surface area contributed by atoms with Crippen molar-refractivity contribution in [3.8, 4) is 5.69 Å². The molecule has 0 amide bonds. The number of benzene rings is 2. The lowest BCUT2D eigenvalue weighted by Gasteiger charge is -2.37. The first-order valence-corrected chi connectivity index (χ1v) is 10.3. The summed E-state index contributed by atoms with van der Waals surface area (Å²) in [7, 11) is 1.68. The van der Waals surface area contributed by atoms with Crippen LogP contribution in [0.5, 0.6) is 0 Å². The zero-order valence-corrected chi connectivity index (χ0v) is 18.6. The van der Waals surface area contributed by atoms with Crippen molar-refractivity contribution >= 4 is 12.4 Å². The third kappa shape index (κ3) is 5.33. The molecule has 2 heterocycles. The van der Waals surface area contributed by atoms with Gasteiger partial charge in [0.05, 0.1) is 19.3 Å². The molecule has 0 spiro atoms. The second-order valence-corrected chi connectivity index (χ2v) is 7.42. The number of halogens is 2. The van der Waals surface area contributed by atoms with Crippen molar-refractivity contribution in [2.24, 2.45) is 0 Å². The summed E-state index contributed by atoms with van der Waals surface area (Å²) in [5.41, 5.74) is 2.89. The Morgan fingerprint density at radius 3 is 2.71 bits per heavy atom. The van der Waals surface area contributed by atoms with Gasteiger partial charge in [0, 0.05) is 31.6 Å². The molecule has 0 N–H and O–H groups in total. The summed E-state index contributed by atoms with van der Waals surface area (Å²) in [6.07, 6.45) is 4.62. The smallest absolute Gasteiger partial charge is 0.123 e. The molecular weight excluding hydrogens is 419 g/mol. The Morgan fingerprint density at radius 2 is 2.00 bits per heavy atom. The number of hydrogen-bond acceptors (Lipinski definition) is 4. The summed E-state index contributed by atoms with van der Waals surface area (Å²) in [5, 5.41) is 0. The summed E-state index contributed by atoms with van der Waals surface area (Å²) in [4.78, 5) is 4.38. The molecule has 2 aromatic carbocycles. The van der Waals surface area contributed by atoms with E-state index in [1.807, 2.05) is 18.5 Å². The molecule has 1 aromatic heterocycles. The zero-order chi connectivity index (χ0) is 20.9. The van der Waals surface area contributed by atoms with E-state index in [9.17, 15) is 4.39 Å². The van der Waals surface area contributed by atoms with Crippen LogP contribution in [-0.2, 0) is 27.2 Å². The highest BCUT2D eigenvalue weighted by atomic mass is 35.5. The SMILES string of the molecule is CCc1nccn1-c1ccc(COC2C(OC)CCOC2c2cccc(F)c2)cc1.Cl. The minimum absolute atomic E-state index is 0. The fraction of sp³-hybridized carbons (Fsp3) is 0.375. The van der Waals surface area contributed by atoms with Crippen LogP contribution in [0.2, 0.25) is 0 Å². The molecular formula is C24H28ClFN2O3. The van der Waals surface area contributed by atoms with Crippen LogP contribution in [0.1, 0.15) is 36.4 Å². The lowest BCUT2D eigenvalue weighted by molar-refractivity contribution is -0.175. The largest absolute Gasteiger partial charge is 0.379 e. The highest BCUT2D eigenvalue weighted by Gasteiger charge is 2.36. The quantitative estimate of drug-likeness (QED) is 0.509. The van der Waals surface area contributed by atoms with Gasteiger partial charge < -0.3 is 18.8 Å². The van der Waals surface area contributed by atoms with Crippen LogP contribution in [0.25, 0.3) is 5.69 Å². The maximum absolute atomic E-state index is 13.8. The average molecular weight is 447 g/mol. The van der Waals surface area contributed by atoms with Gasteiger partial charge in [0.1, 0.15) is 23.8 Å². The molecule has 3 atom stereocenters. The van der Waals surface area contributed by atoms with Crippen molar-refractivity contribution in [1.29, 1.82) is 0 Å². The average Bonchev–Trinajstić information content (AvgIpc) is 3.26. The van der Waals surface area contributed by atoms with Crippen molar-refractivity contribution < 1.29 is 18.6 Å². The predicted octanol–water partition coefficient (Wildman–Crippen LogP) is 5.06. The predicted molar refractivity (Wildman–Crippen MR) is 119 cm³/mol. The molecule has 0 bridgehead atoms. The Balaban J connectivity index is 0.00000272. The van der Waals surface area contributed by atoms with Gasteiger partial charge in [-0.25, -0.2) is 9.37 Å². The zero-order valence-electron chi connectivity index (χ0n) is 17.7. The maximum Gasteiger partial charge on any atom is 0.123 e. The topological polar surface area (TPSA) is 45.5 Å². The maximum atomic E-state index is 13.8. The van der Waals surface area contributed by atoms with Crippen LogP contribution < -0.4 is 0 Å². The van der Waals surface area contributed by atoms with E-state index in [-0.39, 0.29) is 36.5 Å². The highest BCUT2D eigenvalue weighted by Crippen LogP contribution is 2.33. The second kappa shape index (κ2) is 10.9. The van der Waals surface area contributed by atoms with E-state index in [1.165, 1.54) is 12.1 Å². The summed E-state index contributed by atoms with van der Waals surface area (Å²) in [6, 6.07) is 14.7. The third-order valence-corrected chi connectivity index (χ3v) is 5.54. The molecule has 1 aliphatic rings. The van der Waals surface area contributed by atoms with Crippen molar-refractivity contribution in [2.45, 2.75) is 44.7 Å². The lowest BCUT2D eigenvalue weighted by atomic mass is 9.95.